The van der Waals surface area contributed by atoms with Gasteiger partial charge in [0, 0.05) is 0 Å². The topological polar surface area (TPSA) is 72.4 Å². The van der Waals surface area contributed by atoms with E-state index in [1.807, 2.05) is 18.9 Å². The van der Waals surface area contributed by atoms with Crippen LogP contribution in [0.4, 0.5) is 0 Å². The van der Waals surface area contributed by atoms with E-state index in [1.54, 1.807) is 0 Å². The zero-order valence-electron chi connectivity index (χ0n) is 8.62. The summed E-state index contributed by atoms with van der Waals surface area (Å²) in [5.74, 6) is -0.263. The lowest BCUT2D eigenvalue weighted by Gasteiger charge is -2.21. The van der Waals surface area contributed by atoms with Gasteiger partial charge in [0.15, 0.2) is 0 Å². The van der Waals surface area contributed by atoms with E-state index in [0.717, 1.165) is 32.4 Å². The Kier molecular flexibility index (Phi) is 6.54. The molecule has 0 aromatic heterocycles. The summed E-state index contributed by atoms with van der Waals surface area (Å²) in [7, 11) is 1.91. The Hall–Kier alpha value is -0.610. The number of nitrogens with zero attached hydrogens (tertiary/aromatic N) is 1. The number of hydrogen-bond donors (Lipinski definition) is 2. The van der Waals surface area contributed by atoms with Crippen LogP contribution in [0.25, 0.3) is 0 Å². The van der Waals surface area contributed by atoms with Gasteiger partial charge in [-0.1, -0.05) is 6.42 Å². The maximum absolute atomic E-state index is 10.8. The summed E-state index contributed by atoms with van der Waals surface area (Å²) in [5.41, 5.74) is 10.5. The first kappa shape index (κ1) is 12.4. The number of unbranched alkanes of at least 4 members (excludes halogenated alkanes) is 2. The Morgan fingerprint density at radius 2 is 2.00 bits per heavy atom. The van der Waals surface area contributed by atoms with Crippen molar-refractivity contribution < 1.29 is 4.79 Å². The number of rotatable bonds is 7. The van der Waals surface area contributed by atoms with Crippen molar-refractivity contribution in [2.45, 2.75) is 32.2 Å². The lowest BCUT2D eigenvalue weighted by atomic mass is 10.2. The van der Waals surface area contributed by atoms with Crippen LogP contribution in [0.2, 0.25) is 0 Å². The van der Waals surface area contributed by atoms with Crippen molar-refractivity contribution in [3.8, 4) is 0 Å². The van der Waals surface area contributed by atoms with Crippen LogP contribution in [-0.2, 0) is 4.79 Å². The minimum absolute atomic E-state index is 0.169. The molecule has 4 N–H and O–H groups in total. The minimum Gasteiger partial charge on any atom is -0.368 e. The normalized spacial score (nSPS) is 13.2. The predicted molar refractivity (Wildman–Crippen MR) is 54.2 cm³/mol. The third-order valence-electron chi connectivity index (χ3n) is 2.29. The van der Waals surface area contributed by atoms with E-state index in [0.29, 0.717) is 0 Å². The van der Waals surface area contributed by atoms with Crippen molar-refractivity contribution in [1.29, 1.82) is 0 Å². The molecule has 0 aromatic carbocycles. The molecule has 0 fully saturated rings. The molecule has 0 aliphatic carbocycles. The quantitative estimate of drug-likeness (QED) is 0.548. The van der Waals surface area contributed by atoms with Crippen molar-refractivity contribution in [3.05, 3.63) is 0 Å². The number of primary amides is 1. The zero-order valence-corrected chi connectivity index (χ0v) is 8.62. The monoisotopic (exact) mass is 187 g/mol. The molecule has 78 valence electrons. The summed E-state index contributed by atoms with van der Waals surface area (Å²) < 4.78 is 0. The van der Waals surface area contributed by atoms with Crippen molar-refractivity contribution in [3.63, 3.8) is 0 Å². The third kappa shape index (κ3) is 5.60. The highest BCUT2D eigenvalue weighted by Crippen LogP contribution is 2.00. The molecule has 0 radical (unpaired) electrons. The predicted octanol–water partition coefficient (Wildman–Crippen LogP) is -0.0790. The maximum atomic E-state index is 10.8. The van der Waals surface area contributed by atoms with Crippen LogP contribution in [0.15, 0.2) is 0 Å². The molecule has 0 saturated heterocycles. The van der Waals surface area contributed by atoms with Gasteiger partial charge in [0.1, 0.15) is 0 Å². The van der Waals surface area contributed by atoms with Gasteiger partial charge in [-0.25, -0.2) is 0 Å². The van der Waals surface area contributed by atoms with Gasteiger partial charge in [-0.15, -0.1) is 0 Å². The van der Waals surface area contributed by atoms with Gasteiger partial charge in [-0.05, 0) is 39.9 Å². The van der Waals surface area contributed by atoms with Gasteiger partial charge >= 0.3 is 0 Å². The Labute approximate surface area is 80.3 Å². The van der Waals surface area contributed by atoms with E-state index in [1.165, 1.54) is 0 Å². The Bertz CT molecular complexity index is 150. The minimum atomic E-state index is -0.263. The van der Waals surface area contributed by atoms with Crippen LogP contribution >= 0.6 is 0 Å². The first-order chi connectivity index (χ1) is 6.09. The number of nitrogens with two attached hydrogens (primary N) is 2. The van der Waals surface area contributed by atoms with Gasteiger partial charge in [0.2, 0.25) is 5.91 Å². The summed E-state index contributed by atoms with van der Waals surface area (Å²) in [6.07, 6.45) is 3.25. The van der Waals surface area contributed by atoms with Crippen LogP contribution in [0.1, 0.15) is 26.2 Å². The molecule has 4 nitrogen and oxygen atoms in total. The van der Waals surface area contributed by atoms with E-state index in [4.69, 9.17) is 11.5 Å². The standard InChI is InChI=1S/C9H21N3O/c1-8(9(11)13)12(2)7-5-3-4-6-10/h8H,3-7,10H2,1-2H3,(H2,11,13). The highest BCUT2D eigenvalue weighted by Gasteiger charge is 2.13. The van der Waals surface area contributed by atoms with Gasteiger partial charge in [-0.3, -0.25) is 9.69 Å². The average molecular weight is 187 g/mol. The van der Waals surface area contributed by atoms with Crippen molar-refractivity contribution >= 4 is 5.91 Å². The largest absolute Gasteiger partial charge is 0.368 e. The summed E-state index contributed by atoms with van der Waals surface area (Å²) in [5, 5.41) is 0. The number of carbonyl (C=O) groups excluding carboxylic acids is 1. The van der Waals surface area contributed by atoms with E-state index < -0.39 is 0 Å². The van der Waals surface area contributed by atoms with Crippen LogP contribution in [0, 0.1) is 0 Å². The van der Waals surface area contributed by atoms with E-state index in [-0.39, 0.29) is 11.9 Å². The Balaban J connectivity index is 3.50. The summed E-state index contributed by atoms with van der Waals surface area (Å²) >= 11 is 0. The summed E-state index contributed by atoms with van der Waals surface area (Å²) in [6.45, 7) is 3.48. The number of hydrogen-bond acceptors (Lipinski definition) is 3. The highest BCUT2D eigenvalue weighted by molar-refractivity contribution is 5.79. The molecule has 0 heterocycles. The van der Waals surface area contributed by atoms with Crippen LogP contribution in [0.5, 0.6) is 0 Å². The second-order valence-corrected chi connectivity index (χ2v) is 3.41. The van der Waals surface area contributed by atoms with E-state index in [9.17, 15) is 4.79 Å². The second kappa shape index (κ2) is 6.86. The molecule has 0 aliphatic heterocycles. The van der Waals surface area contributed by atoms with Gasteiger partial charge in [0.05, 0.1) is 6.04 Å². The van der Waals surface area contributed by atoms with Gasteiger partial charge in [-0.2, -0.15) is 0 Å². The molecular weight excluding hydrogens is 166 g/mol. The molecule has 4 heteroatoms. The molecule has 0 rings (SSSR count). The number of carbonyl (C=O) groups is 1. The molecule has 0 bridgehead atoms. The lowest BCUT2D eigenvalue weighted by Crippen LogP contribution is -2.40. The van der Waals surface area contributed by atoms with Crippen molar-refractivity contribution in [1.82, 2.24) is 4.90 Å². The smallest absolute Gasteiger partial charge is 0.234 e. The number of likely N-dealkylation sites (N-methyl/N-ethyl adjacent to an activating group) is 1. The molecule has 1 atom stereocenters. The SMILES string of the molecule is CC(C(N)=O)N(C)CCCCCN. The number of amides is 1. The molecule has 0 saturated carbocycles. The first-order valence-corrected chi connectivity index (χ1v) is 4.79. The van der Waals surface area contributed by atoms with Crippen molar-refractivity contribution in [2.24, 2.45) is 11.5 Å². The average Bonchev–Trinajstić information content (AvgIpc) is 2.10. The Morgan fingerprint density at radius 3 is 2.46 bits per heavy atom. The fourth-order valence-corrected chi connectivity index (χ4v) is 1.09. The van der Waals surface area contributed by atoms with Crippen LogP contribution in [0.3, 0.4) is 0 Å². The van der Waals surface area contributed by atoms with Gasteiger partial charge in [0.25, 0.3) is 0 Å². The first-order valence-electron chi connectivity index (χ1n) is 4.79. The van der Waals surface area contributed by atoms with Crippen molar-refractivity contribution in [2.75, 3.05) is 20.1 Å². The zero-order chi connectivity index (χ0) is 10.3. The highest BCUT2D eigenvalue weighted by atomic mass is 16.1. The lowest BCUT2D eigenvalue weighted by molar-refractivity contribution is -0.122. The van der Waals surface area contributed by atoms with Gasteiger partial charge < -0.3 is 11.5 Å². The maximum Gasteiger partial charge on any atom is 0.234 e. The van der Waals surface area contributed by atoms with E-state index >= 15 is 0 Å². The van der Waals surface area contributed by atoms with Crippen LogP contribution in [-0.4, -0.2) is 37.0 Å². The molecule has 1 unspecified atom stereocenters. The fraction of sp³-hybridized carbons (Fsp3) is 0.889. The van der Waals surface area contributed by atoms with E-state index in [2.05, 4.69) is 0 Å². The summed E-state index contributed by atoms with van der Waals surface area (Å²) in [4.78, 5) is 12.8. The van der Waals surface area contributed by atoms with Crippen LogP contribution < -0.4 is 11.5 Å². The second-order valence-electron chi connectivity index (χ2n) is 3.41. The molecule has 1 amide bonds. The molecule has 0 aromatic rings. The molecule has 13 heavy (non-hydrogen) atoms. The molecule has 0 aliphatic rings. The Morgan fingerprint density at radius 1 is 1.38 bits per heavy atom. The molecule has 0 spiro atoms. The fourth-order valence-electron chi connectivity index (χ4n) is 1.09. The third-order valence-corrected chi connectivity index (χ3v) is 2.29. The summed E-state index contributed by atoms with van der Waals surface area (Å²) in [6, 6.07) is -0.169. The molecular formula is C9H21N3O.